The summed E-state index contributed by atoms with van der Waals surface area (Å²) in [6.07, 6.45) is 0. The first-order valence-electron chi connectivity index (χ1n) is 7.95. The molecule has 0 fully saturated rings. The molecule has 6 nitrogen and oxygen atoms in total. The van der Waals surface area contributed by atoms with E-state index in [9.17, 15) is 4.79 Å². The fourth-order valence-electron chi connectivity index (χ4n) is 2.27. The number of hydrogen-bond donors (Lipinski definition) is 1. The van der Waals surface area contributed by atoms with E-state index in [1.807, 2.05) is 11.4 Å². The van der Waals surface area contributed by atoms with Gasteiger partial charge in [0.15, 0.2) is 11.7 Å². The molecule has 0 aliphatic carbocycles. The van der Waals surface area contributed by atoms with Crippen LogP contribution in [0.2, 0.25) is 5.02 Å². The number of carbonyl (C=O) groups is 1. The monoisotopic (exact) mass is 404 g/mol. The Morgan fingerprint density at radius 1 is 1.11 bits per heavy atom. The van der Waals surface area contributed by atoms with Crippen LogP contribution in [0.1, 0.15) is 0 Å². The molecule has 1 aromatic heterocycles. The van der Waals surface area contributed by atoms with Crippen LogP contribution in [-0.2, 0) is 4.79 Å². The maximum Gasteiger partial charge on any atom is 0.264 e. The minimum atomic E-state index is -0.292. The Hall–Kier alpha value is -2.77. The largest absolute Gasteiger partial charge is 0.497 e. The number of anilines is 1. The molecule has 0 saturated heterocycles. The molecule has 8 heteroatoms. The van der Waals surface area contributed by atoms with Crippen molar-refractivity contribution in [1.82, 2.24) is 4.98 Å². The summed E-state index contributed by atoms with van der Waals surface area (Å²) in [6, 6.07) is 12.4. The molecule has 0 unspecified atom stereocenters. The topological polar surface area (TPSA) is 69.7 Å². The molecule has 0 radical (unpaired) electrons. The first-order valence-corrected chi connectivity index (χ1v) is 9.21. The Kier molecular flexibility index (Phi) is 6.16. The van der Waals surface area contributed by atoms with Crippen molar-refractivity contribution in [3.8, 4) is 28.5 Å². The van der Waals surface area contributed by atoms with E-state index in [1.54, 1.807) is 50.6 Å². The van der Waals surface area contributed by atoms with Gasteiger partial charge in [0.05, 0.1) is 24.9 Å². The van der Waals surface area contributed by atoms with E-state index in [-0.39, 0.29) is 12.5 Å². The highest BCUT2D eigenvalue weighted by atomic mass is 35.5. The number of hydrogen-bond acceptors (Lipinski definition) is 6. The number of methoxy groups -OCH3 is 2. The van der Waals surface area contributed by atoms with Crippen molar-refractivity contribution in [3.63, 3.8) is 0 Å². The highest BCUT2D eigenvalue weighted by Gasteiger charge is 2.10. The van der Waals surface area contributed by atoms with Gasteiger partial charge in [-0.1, -0.05) is 11.6 Å². The molecule has 1 heterocycles. The zero-order valence-corrected chi connectivity index (χ0v) is 16.3. The smallest absolute Gasteiger partial charge is 0.264 e. The van der Waals surface area contributed by atoms with Crippen LogP contribution >= 0.6 is 22.9 Å². The number of carbonyl (C=O) groups excluding carboxylic acids is 1. The van der Waals surface area contributed by atoms with Gasteiger partial charge in [0.2, 0.25) is 0 Å². The van der Waals surface area contributed by atoms with Crippen molar-refractivity contribution < 1.29 is 19.0 Å². The molecule has 0 aliphatic heterocycles. The van der Waals surface area contributed by atoms with Gasteiger partial charge in [0.25, 0.3) is 5.91 Å². The standard InChI is InChI=1S/C19H17ClN2O4S/c1-24-13-4-6-14(7-5-13)26-10-18(23)22-19-21-16(11-27-19)12-3-8-17(25-2)15(20)9-12/h3-9,11H,10H2,1-2H3,(H,21,22,23). The first kappa shape index (κ1) is 19.0. The molecule has 1 amide bonds. The Balaban J connectivity index is 1.58. The zero-order chi connectivity index (χ0) is 19.2. The molecular formula is C19H17ClN2O4S. The van der Waals surface area contributed by atoms with Gasteiger partial charge in [0, 0.05) is 10.9 Å². The third-order valence-corrected chi connectivity index (χ3v) is 4.68. The van der Waals surface area contributed by atoms with Crippen LogP contribution in [0.15, 0.2) is 47.8 Å². The molecule has 140 valence electrons. The molecule has 0 bridgehead atoms. The third kappa shape index (κ3) is 4.90. The maximum atomic E-state index is 12.1. The molecule has 27 heavy (non-hydrogen) atoms. The van der Waals surface area contributed by atoms with Crippen molar-refractivity contribution in [3.05, 3.63) is 52.9 Å². The van der Waals surface area contributed by atoms with Gasteiger partial charge in [-0.25, -0.2) is 4.98 Å². The lowest BCUT2D eigenvalue weighted by Crippen LogP contribution is -2.20. The van der Waals surface area contributed by atoms with Gasteiger partial charge in [-0.2, -0.15) is 0 Å². The maximum absolute atomic E-state index is 12.1. The predicted octanol–water partition coefficient (Wildman–Crippen LogP) is 4.50. The minimum absolute atomic E-state index is 0.115. The summed E-state index contributed by atoms with van der Waals surface area (Å²) in [5, 5.41) is 5.56. The average Bonchev–Trinajstić information content (AvgIpc) is 3.15. The lowest BCUT2D eigenvalue weighted by molar-refractivity contribution is -0.118. The average molecular weight is 405 g/mol. The van der Waals surface area contributed by atoms with E-state index < -0.39 is 0 Å². The number of halogens is 1. The number of ether oxygens (including phenoxy) is 3. The summed E-state index contributed by atoms with van der Waals surface area (Å²) in [5.41, 5.74) is 1.56. The second-order valence-electron chi connectivity index (χ2n) is 5.40. The summed E-state index contributed by atoms with van der Waals surface area (Å²) in [5.74, 6) is 1.61. The molecule has 0 atom stereocenters. The van der Waals surface area contributed by atoms with Crippen LogP contribution in [0.25, 0.3) is 11.3 Å². The summed E-state index contributed by atoms with van der Waals surface area (Å²) < 4.78 is 15.7. The number of aromatic nitrogens is 1. The van der Waals surface area contributed by atoms with Crippen LogP contribution in [0.5, 0.6) is 17.2 Å². The van der Waals surface area contributed by atoms with Crippen LogP contribution < -0.4 is 19.5 Å². The second-order valence-corrected chi connectivity index (χ2v) is 6.66. The first-order chi connectivity index (χ1) is 13.1. The number of rotatable bonds is 7. The molecule has 0 aliphatic rings. The molecule has 3 aromatic rings. The van der Waals surface area contributed by atoms with Crippen molar-refractivity contribution in [1.29, 1.82) is 0 Å². The molecule has 0 spiro atoms. The lowest BCUT2D eigenvalue weighted by atomic mass is 10.2. The van der Waals surface area contributed by atoms with Crippen molar-refractivity contribution >= 4 is 34.0 Å². The summed E-state index contributed by atoms with van der Waals surface area (Å²) in [4.78, 5) is 16.5. The molecule has 1 N–H and O–H groups in total. The molecule has 0 saturated carbocycles. The summed E-state index contributed by atoms with van der Waals surface area (Å²) in [6.45, 7) is -0.115. The number of thiazole rings is 1. The Labute approximate surface area is 165 Å². The summed E-state index contributed by atoms with van der Waals surface area (Å²) >= 11 is 7.47. The van der Waals surface area contributed by atoms with Gasteiger partial charge < -0.3 is 14.2 Å². The lowest BCUT2D eigenvalue weighted by Gasteiger charge is -2.06. The SMILES string of the molecule is COc1ccc(OCC(=O)Nc2nc(-c3ccc(OC)c(Cl)c3)cs2)cc1. The number of nitrogens with one attached hydrogen (secondary N) is 1. The second kappa shape index (κ2) is 8.75. The van der Waals surface area contributed by atoms with E-state index in [4.69, 9.17) is 25.8 Å². The zero-order valence-electron chi connectivity index (χ0n) is 14.7. The van der Waals surface area contributed by atoms with E-state index in [0.717, 1.165) is 17.0 Å². The minimum Gasteiger partial charge on any atom is -0.497 e. The van der Waals surface area contributed by atoms with Crippen LogP contribution in [-0.4, -0.2) is 31.7 Å². The van der Waals surface area contributed by atoms with E-state index >= 15 is 0 Å². The Morgan fingerprint density at radius 3 is 2.52 bits per heavy atom. The molecular weight excluding hydrogens is 388 g/mol. The Bertz CT molecular complexity index is 928. The Morgan fingerprint density at radius 2 is 1.85 bits per heavy atom. The van der Waals surface area contributed by atoms with Crippen molar-refractivity contribution in [2.24, 2.45) is 0 Å². The summed E-state index contributed by atoms with van der Waals surface area (Å²) in [7, 11) is 3.15. The molecule has 2 aromatic carbocycles. The normalized spacial score (nSPS) is 10.3. The number of amides is 1. The van der Waals surface area contributed by atoms with Crippen LogP contribution in [0, 0.1) is 0 Å². The third-order valence-electron chi connectivity index (χ3n) is 3.63. The van der Waals surface area contributed by atoms with Gasteiger partial charge in [-0.3, -0.25) is 10.1 Å². The van der Waals surface area contributed by atoms with Gasteiger partial charge >= 0.3 is 0 Å². The van der Waals surface area contributed by atoms with Crippen LogP contribution in [0.4, 0.5) is 5.13 Å². The number of benzene rings is 2. The van der Waals surface area contributed by atoms with Gasteiger partial charge in [-0.05, 0) is 42.5 Å². The van der Waals surface area contributed by atoms with Crippen molar-refractivity contribution in [2.75, 3.05) is 26.1 Å². The predicted molar refractivity (Wildman–Crippen MR) is 106 cm³/mol. The van der Waals surface area contributed by atoms with E-state index in [2.05, 4.69) is 10.3 Å². The van der Waals surface area contributed by atoms with E-state index in [0.29, 0.717) is 21.7 Å². The fraction of sp³-hybridized carbons (Fsp3) is 0.158. The quantitative estimate of drug-likeness (QED) is 0.628. The highest BCUT2D eigenvalue weighted by molar-refractivity contribution is 7.14. The molecule has 3 rings (SSSR count). The van der Waals surface area contributed by atoms with Gasteiger partial charge in [-0.15, -0.1) is 11.3 Å². The van der Waals surface area contributed by atoms with Crippen LogP contribution in [0.3, 0.4) is 0 Å². The fourth-order valence-corrected chi connectivity index (χ4v) is 3.26. The van der Waals surface area contributed by atoms with Gasteiger partial charge in [0.1, 0.15) is 17.2 Å². The van der Waals surface area contributed by atoms with Crippen molar-refractivity contribution in [2.45, 2.75) is 0 Å². The number of nitrogens with zero attached hydrogens (tertiary/aromatic N) is 1. The highest BCUT2D eigenvalue weighted by Crippen LogP contribution is 2.31. The van der Waals surface area contributed by atoms with E-state index in [1.165, 1.54) is 11.3 Å².